The Morgan fingerprint density at radius 1 is 1.30 bits per heavy atom. The third-order valence-corrected chi connectivity index (χ3v) is 2.97. The largest absolute Gasteiger partial charge is 0.482 e. The van der Waals surface area contributed by atoms with Crippen molar-refractivity contribution in [3.63, 3.8) is 0 Å². The van der Waals surface area contributed by atoms with E-state index < -0.39 is 6.10 Å². The molecule has 1 atom stereocenters. The summed E-state index contributed by atoms with van der Waals surface area (Å²) in [6.45, 7) is 3.75. The molecule has 0 amide bonds. The van der Waals surface area contributed by atoms with E-state index in [4.69, 9.17) is 9.15 Å². The van der Waals surface area contributed by atoms with Crippen LogP contribution in [0.4, 0.5) is 0 Å². The lowest BCUT2D eigenvalue weighted by Gasteiger charge is -2.13. The third-order valence-electron chi connectivity index (χ3n) is 2.97. The van der Waals surface area contributed by atoms with Crippen LogP contribution in [-0.4, -0.2) is 5.11 Å². The van der Waals surface area contributed by atoms with Crippen LogP contribution < -0.4 is 10.2 Å². The van der Waals surface area contributed by atoms with Gasteiger partial charge < -0.3 is 14.3 Å². The Kier molecular flexibility index (Phi) is 4.58. The Morgan fingerprint density at radius 2 is 2.00 bits per heavy atom. The number of benzene rings is 1. The Hall–Kier alpha value is -2.07. The minimum atomic E-state index is -0.839. The molecule has 20 heavy (non-hydrogen) atoms. The summed E-state index contributed by atoms with van der Waals surface area (Å²) in [4.78, 5) is 12.0. The SMILES string of the molecule is CC[C@H](O)c1oc(C)cc(=O)c1OCc1ccccc1. The number of rotatable bonds is 5. The number of aryl methyl sites for hydroxylation is 1. The molecule has 4 heteroatoms. The number of ether oxygens (including phenoxy) is 1. The fourth-order valence-corrected chi connectivity index (χ4v) is 1.90. The van der Waals surface area contributed by atoms with E-state index in [0.717, 1.165) is 5.56 Å². The summed E-state index contributed by atoms with van der Waals surface area (Å²) in [5.41, 5.74) is 0.677. The molecule has 2 aromatic rings. The fourth-order valence-electron chi connectivity index (χ4n) is 1.90. The highest BCUT2D eigenvalue weighted by Crippen LogP contribution is 2.25. The summed E-state index contributed by atoms with van der Waals surface area (Å²) >= 11 is 0. The normalized spacial score (nSPS) is 12.2. The van der Waals surface area contributed by atoms with Gasteiger partial charge >= 0.3 is 0 Å². The van der Waals surface area contributed by atoms with Crippen molar-refractivity contribution in [2.45, 2.75) is 33.0 Å². The number of hydrogen-bond donors (Lipinski definition) is 1. The molecule has 4 nitrogen and oxygen atoms in total. The van der Waals surface area contributed by atoms with Crippen molar-refractivity contribution in [1.29, 1.82) is 0 Å². The molecule has 1 N–H and O–H groups in total. The highest BCUT2D eigenvalue weighted by Gasteiger charge is 2.19. The van der Waals surface area contributed by atoms with Crippen LogP contribution in [0.15, 0.2) is 45.6 Å². The summed E-state index contributed by atoms with van der Waals surface area (Å²) in [5, 5.41) is 9.94. The van der Waals surface area contributed by atoms with Crippen LogP contribution in [0.1, 0.15) is 36.5 Å². The van der Waals surface area contributed by atoms with Gasteiger partial charge in [-0.3, -0.25) is 4.79 Å². The molecule has 1 aromatic heterocycles. The zero-order chi connectivity index (χ0) is 14.5. The first-order chi connectivity index (χ1) is 9.61. The Bertz CT molecular complexity index is 616. The fraction of sp³-hybridized carbons (Fsp3) is 0.312. The van der Waals surface area contributed by atoms with Crippen LogP contribution in [0.5, 0.6) is 5.75 Å². The highest BCUT2D eigenvalue weighted by atomic mass is 16.5. The zero-order valence-corrected chi connectivity index (χ0v) is 11.6. The van der Waals surface area contributed by atoms with E-state index in [2.05, 4.69) is 0 Å². The van der Waals surface area contributed by atoms with E-state index in [0.29, 0.717) is 12.2 Å². The van der Waals surface area contributed by atoms with E-state index >= 15 is 0 Å². The number of hydrogen-bond acceptors (Lipinski definition) is 4. The van der Waals surface area contributed by atoms with E-state index in [-0.39, 0.29) is 23.5 Å². The predicted octanol–water partition coefficient (Wildman–Crippen LogP) is 2.97. The quantitative estimate of drug-likeness (QED) is 0.910. The first-order valence-electron chi connectivity index (χ1n) is 6.61. The molecule has 0 saturated carbocycles. The second kappa shape index (κ2) is 6.39. The predicted molar refractivity (Wildman–Crippen MR) is 75.7 cm³/mol. The molecule has 0 aliphatic heterocycles. The number of aliphatic hydroxyl groups is 1. The monoisotopic (exact) mass is 274 g/mol. The Labute approximate surface area is 117 Å². The average Bonchev–Trinajstić information content (AvgIpc) is 2.46. The molecular formula is C16H18O4. The van der Waals surface area contributed by atoms with Gasteiger partial charge in [-0.2, -0.15) is 0 Å². The van der Waals surface area contributed by atoms with Crippen LogP contribution in [-0.2, 0) is 6.61 Å². The molecule has 0 unspecified atom stereocenters. The van der Waals surface area contributed by atoms with Crippen molar-refractivity contribution in [3.05, 3.63) is 63.7 Å². The van der Waals surface area contributed by atoms with Crippen LogP contribution in [0.25, 0.3) is 0 Å². The first kappa shape index (κ1) is 14.3. The lowest BCUT2D eigenvalue weighted by Crippen LogP contribution is -2.13. The lowest BCUT2D eigenvalue weighted by molar-refractivity contribution is 0.131. The van der Waals surface area contributed by atoms with Gasteiger partial charge in [-0.25, -0.2) is 0 Å². The van der Waals surface area contributed by atoms with Crippen molar-refractivity contribution in [1.82, 2.24) is 0 Å². The van der Waals surface area contributed by atoms with Gasteiger partial charge in [-0.05, 0) is 18.9 Å². The van der Waals surface area contributed by atoms with Gasteiger partial charge in [0.1, 0.15) is 18.5 Å². The molecule has 1 aromatic carbocycles. The van der Waals surface area contributed by atoms with Crippen LogP contribution in [0.2, 0.25) is 0 Å². The molecular weight excluding hydrogens is 256 g/mol. The molecule has 2 rings (SSSR count). The summed E-state index contributed by atoms with van der Waals surface area (Å²) in [6.07, 6.45) is -0.387. The minimum Gasteiger partial charge on any atom is -0.482 e. The van der Waals surface area contributed by atoms with E-state index in [1.807, 2.05) is 37.3 Å². The smallest absolute Gasteiger partial charge is 0.227 e. The number of aliphatic hydroxyl groups excluding tert-OH is 1. The van der Waals surface area contributed by atoms with Crippen LogP contribution in [0, 0.1) is 6.92 Å². The molecule has 1 heterocycles. The standard InChI is InChI=1S/C16H18O4/c1-3-13(17)16-15(14(18)9-11(2)20-16)19-10-12-7-5-4-6-8-12/h4-9,13,17H,3,10H2,1-2H3/t13-/m0/s1. The van der Waals surface area contributed by atoms with Crippen molar-refractivity contribution < 1.29 is 14.3 Å². The molecule has 0 bridgehead atoms. The molecule has 0 radical (unpaired) electrons. The zero-order valence-electron chi connectivity index (χ0n) is 11.6. The molecule has 0 fully saturated rings. The van der Waals surface area contributed by atoms with Crippen LogP contribution in [0.3, 0.4) is 0 Å². The van der Waals surface area contributed by atoms with Gasteiger partial charge in [0, 0.05) is 6.07 Å². The molecule has 0 aliphatic rings. The molecule has 106 valence electrons. The van der Waals surface area contributed by atoms with Gasteiger partial charge in [-0.1, -0.05) is 37.3 Å². The van der Waals surface area contributed by atoms with Gasteiger partial charge in [0.25, 0.3) is 0 Å². The summed E-state index contributed by atoms with van der Waals surface area (Å²) in [6, 6.07) is 10.9. The van der Waals surface area contributed by atoms with Gasteiger partial charge in [-0.15, -0.1) is 0 Å². The summed E-state index contributed by atoms with van der Waals surface area (Å²) in [5.74, 6) is 0.756. The minimum absolute atomic E-state index is 0.0915. The second-order valence-corrected chi connectivity index (χ2v) is 4.61. The van der Waals surface area contributed by atoms with Gasteiger partial charge in [0.05, 0.1) is 0 Å². The average molecular weight is 274 g/mol. The highest BCUT2D eigenvalue weighted by molar-refractivity contribution is 5.28. The maximum absolute atomic E-state index is 12.0. The summed E-state index contributed by atoms with van der Waals surface area (Å²) < 4.78 is 11.0. The first-order valence-corrected chi connectivity index (χ1v) is 6.61. The maximum atomic E-state index is 12.0. The van der Waals surface area contributed by atoms with E-state index in [1.165, 1.54) is 6.07 Å². The Morgan fingerprint density at radius 3 is 2.65 bits per heavy atom. The molecule has 0 saturated heterocycles. The Balaban J connectivity index is 2.28. The lowest BCUT2D eigenvalue weighted by atomic mass is 10.2. The maximum Gasteiger partial charge on any atom is 0.227 e. The topological polar surface area (TPSA) is 59.7 Å². The van der Waals surface area contributed by atoms with E-state index in [9.17, 15) is 9.90 Å². The molecule has 0 spiro atoms. The van der Waals surface area contributed by atoms with Crippen molar-refractivity contribution in [3.8, 4) is 5.75 Å². The van der Waals surface area contributed by atoms with Gasteiger partial charge in [0.2, 0.25) is 11.2 Å². The second-order valence-electron chi connectivity index (χ2n) is 4.61. The third kappa shape index (κ3) is 3.27. The van der Waals surface area contributed by atoms with E-state index in [1.54, 1.807) is 6.92 Å². The molecule has 0 aliphatic carbocycles. The van der Waals surface area contributed by atoms with Crippen molar-refractivity contribution in [2.24, 2.45) is 0 Å². The van der Waals surface area contributed by atoms with Crippen molar-refractivity contribution >= 4 is 0 Å². The van der Waals surface area contributed by atoms with Gasteiger partial charge in [0.15, 0.2) is 5.76 Å². The summed E-state index contributed by atoms with van der Waals surface area (Å²) in [7, 11) is 0. The van der Waals surface area contributed by atoms with Crippen molar-refractivity contribution in [2.75, 3.05) is 0 Å². The van der Waals surface area contributed by atoms with Crippen LogP contribution >= 0.6 is 0 Å².